The van der Waals surface area contributed by atoms with Crippen molar-refractivity contribution in [3.05, 3.63) is 35.9 Å². The van der Waals surface area contributed by atoms with Crippen molar-refractivity contribution in [2.75, 3.05) is 20.2 Å². The molecule has 0 spiro atoms. The van der Waals surface area contributed by atoms with Crippen LogP contribution in [0.3, 0.4) is 0 Å². The minimum Gasteiger partial charge on any atom is -0.469 e. The van der Waals surface area contributed by atoms with Crippen LogP contribution in [0.25, 0.3) is 0 Å². The fourth-order valence-electron chi connectivity index (χ4n) is 3.27. The lowest BCUT2D eigenvalue weighted by Crippen LogP contribution is -2.37. The number of methoxy groups -OCH3 is 1. The molecule has 0 heterocycles. The fourth-order valence-corrected chi connectivity index (χ4v) is 3.27. The Morgan fingerprint density at radius 1 is 1.24 bits per heavy atom. The minimum atomic E-state index is -0.219. The second-order valence-corrected chi connectivity index (χ2v) is 6.49. The maximum Gasteiger partial charge on any atom is 0.314 e. The summed E-state index contributed by atoms with van der Waals surface area (Å²) < 4.78 is 4.96. The van der Waals surface area contributed by atoms with Crippen molar-refractivity contribution in [1.82, 2.24) is 5.32 Å². The van der Waals surface area contributed by atoms with Gasteiger partial charge in [-0.2, -0.15) is 0 Å². The average molecular weight is 289 g/mol. The van der Waals surface area contributed by atoms with Gasteiger partial charge in [-0.25, -0.2) is 0 Å². The lowest BCUT2D eigenvalue weighted by molar-refractivity contribution is -0.142. The van der Waals surface area contributed by atoms with Crippen molar-refractivity contribution < 1.29 is 9.53 Å². The predicted molar refractivity (Wildman–Crippen MR) is 85.3 cm³/mol. The second kappa shape index (κ2) is 7.60. The van der Waals surface area contributed by atoms with E-state index in [0.29, 0.717) is 12.0 Å². The number of rotatable bonds is 6. The molecule has 21 heavy (non-hydrogen) atoms. The van der Waals surface area contributed by atoms with Crippen LogP contribution in [-0.2, 0) is 9.53 Å². The monoisotopic (exact) mass is 289 g/mol. The molecule has 2 rings (SSSR count). The molecule has 0 radical (unpaired) electrons. The number of benzene rings is 1. The fraction of sp³-hybridized carbons (Fsp3) is 0.611. The standard InChI is InChI=1S/C18H27NO2/c1-18(11-7-4-8-12-18)14-19-13-16(17(20)21-2)15-9-5-3-6-10-15/h3,5-6,9-10,16,19H,4,7-8,11-14H2,1-2H3. The highest BCUT2D eigenvalue weighted by Gasteiger charge is 2.27. The molecule has 116 valence electrons. The van der Waals surface area contributed by atoms with E-state index in [4.69, 9.17) is 4.74 Å². The summed E-state index contributed by atoms with van der Waals surface area (Å²) in [6, 6.07) is 9.88. The number of carbonyl (C=O) groups excluding carboxylic acids is 1. The topological polar surface area (TPSA) is 38.3 Å². The number of hydrogen-bond donors (Lipinski definition) is 1. The summed E-state index contributed by atoms with van der Waals surface area (Å²) in [5, 5.41) is 3.51. The SMILES string of the molecule is COC(=O)C(CNCC1(C)CCCCC1)c1ccccc1. The molecule has 1 fully saturated rings. The second-order valence-electron chi connectivity index (χ2n) is 6.49. The molecule has 0 aliphatic heterocycles. The molecule has 1 aliphatic rings. The van der Waals surface area contributed by atoms with Gasteiger partial charge < -0.3 is 10.1 Å². The van der Waals surface area contributed by atoms with E-state index < -0.39 is 0 Å². The van der Waals surface area contributed by atoms with Gasteiger partial charge in [-0.1, -0.05) is 56.5 Å². The highest BCUT2D eigenvalue weighted by Crippen LogP contribution is 2.35. The minimum absolute atomic E-state index is 0.164. The molecule has 0 bridgehead atoms. The Labute approximate surface area is 128 Å². The lowest BCUT2D eigenvalue weighted by atomic mass is 9.75. The van der Waals surface area contributed by atoms with E-state index in [9.17, 15) is 4.79 Å². The van der Waals surface area contributed by atoms with E-state index in [2.05, 4.69) is 12.2 Å². The molecular formula is C18H27NO2. The summed E-state index contributed by atoms with van der Waals surface area (Å²) in [5.41, 5.74) is 1.40. The number of nitrogens with one attached hydrogen (secondary N) is 1. The van der Waals surface area contributed by atoms with Crippen LogP contribution in [0.4, 0.5) is 0 Å². The van der Waals surface area contributed by atoms with E-state index in [1.165, 1.54) is 39.2 Å². The molecule has 3 heteroatoms. The number of esters is 1. The van der Waals surface area contributed by atoms with Crippen molar-refractivity contribution in [2.45, 2.75) is 44.9 Å². The van der Waals surface area contributed by atoms with Gasteiger partial charge in [-0.15, -0.1) is 0 Å². The van der Waals surface area contributed by atoms with Crippen LogP contribution in [0, 0.1) is 5.41 Å². The van der Waals surface area contributed by atoms with E-state index in [1.807, 2.05) is 30.3 Å². The summed E-state index contributed by atoms with van der Waals surface area (Å²) >= 11 is 0. The molecule has 1 aromatic rings. The smallest absolute Gasteiger partial charge is 0.314 e. The van der Waals surface area contributed by atoms with Gasteiger partial charge in [-0.3, -0.25) is 4.79 Å². The molecular weight excluding hydrogens is 262 g/mol. The molecule has 0 aromatic heterocycles. The Morgan fingerprint density at radius 2 is 1.90 bits per heavy atom. The molecule has 1 unspecified atom stereocenters. The van der Waals surface area contributed by atoms with Crippen molar-refractivity contribution >= 4 is 5.97 Å². The van der Waals surface area contributed by atoms with Crippen molar-refractivity contribution in [1.29, 1.82) is 0 Å². The Bertz CT molecular complexity index is 438. The molecule has 0 saturated heterocycles. The largest absolute Gasteiger partial charge is 0.469 e. The normalized spacial score (nSPS) is 19.0. The molecule has 1 saturated carbocycles. The Balaban J connectivity index is 1.92. The molecule has 1 aromatic carbocycles. The molecule has 1 atom stereocenters. The lowest BCUT2D eigenvalue weighted by Gasteiger charge is -2.34. The van der Waals surface area contributed by atoms with Gasteiger partial charge in [0.1, 0.15) is 0 Å². The number of hydrogen-bond acceptors (Lipinski definition) is 3. The highest BCUT2D eigenvalue weighted by atomic mass is 16.5. The highest BCUT2D eigenvalue weighted by molar-refractivity contribution is 5.78. The van der Waals surface area contributed by atoms with Gasteiger partial charge in [0.05, 0.1) is 13.0 Å². The quantitative estimate of drug-likeness (QED) is 0.815. The van der Waals surface area contributed by atoms with Crippen LogP contribution in [-0.4, -0.2) is 26.2 Å². The van der Waals surface area contributed by atoms with E-state index in [0.717, 1.165) is 12.1 Å². The van der Waals surface area contributed by atoms with E-state index in [1.54, 1.807) is 0 Å². The zero-order valence-corrected chi connectivity index (χ0v) is 13.2. The first-order chi connectivity index (χ1) is 10.1. The van der Waals surface area contributed by atoms with Gasteiger partial charge in [0.2, 0.25) is 0 Å². The Hall–Kier alpha value is -1.35. The summed E-state index contributed by atoms with van der Waals surface area (Å²) in [5.74, 6) is -0.383. The average Bonchev–Trinajstić information content (AvgIpc) is 2.52. The van der Waals surface area contributed by atoms with Crippen LogP contribution >= 0.6 is 0 Å². The first-order valence-electron chi connectivity index (χ1n) is 7.98. The zero-order chi connectivity index (χ0) is 15.1. The number of carbonyl (C=O) groups is 1. The Kier molecular flexibility index (Phi) is 5.80. The van der Waals surface area contributed by atoms with E-state index >= 15 is 0 Å². The summed E-state index contributed by atoms with van der Waals surface area (Å²) in [6.07, 6.45) is 6.60. The molecule has 1 aliphatic carbocycles. The summed E-state index contributed by atoms with van der Waals surface area (Å²) in [7, 11) is 1.46. The third-order valence-electron chi connectivity index (χ3n) is 4.65. The maximum atomic E-state index is 12.0. The van der Waals surface area contributed by atoms with Gasteiger partial charge >= 0.3 is 5.97 Å². The van der Waals surface area contributed by atoms with Gasteiger partial charge in [-0.05, 0) is 23.8 Å². The van der Waals surface area contributed by atoms with Gasteiger partial charge in [0.25, 0.3) is 0 Å². The van der Waals surface area contributed by atoms with Crippen molar-refractivity contribution in [3.8, 4) is 0 Å². The summed E-state index contributed by atoms with van der Waals surface area (Å²) in [6.45, 7) is 3.98. The maximum absolute atomic E-state index is 12.0. The molecule has 3 nitrogen and oxygen atoms in total. The predicted octanol–water partition coefficient (Wildman–Crippen LogP) is 3.50. The van der Waals surface area contributed by atoms with Crippen LogP contribution in [0.2, 0.25) is 0 Å². The van der Waals surface area contributed by atoms with Crippen LogP contribution < -0.4 is 5.32 Å². The van der Waals surface area contributed by atoms with Crippen LogP contribution in [0.1, 0.15) is 50.5 Å². The third-order valence-corrected chi connectivity index (χ3v) is 4.65. The first-order valence-corrected chi connectivity index (χ1v) is 7.98. The van der Waals surface area contributed by atoms with Crippen LogP contribution in [0.15, 0.2) is 30.3 Å². The van der Waals surface area contributed by atoms with E-state index in [-0.39, 0.29) is 11.9 Å². The van der Waals surface area contributed by atoms with Gasteiger partial charge in [0, 0.05) is 13.1 Å². The molecule has 1 N–H and O–H groups in total. The van der Waals surface area contributed by atoms with Gasteiger partial charge in [0.15, 0.2) is 0 Å². The summed E-state index contributed by atoms with van der Waals surface area (Å²) in [4.78, 5) is 12.0. The zero-order valence-electron chi connectivity index (χ0n) is 13.2. The van der Waals surface area contributed by atoms with Crippen LogP contribution in [0.5, 0.6) is 0 Å². The van der Waals surface area contributed by atoms with Crippen molar-refractivity contribution in [3.63, 3.8) is 0 Å². The first kappa shape index (κ1) is 16.0. The molecule has 0 amide bonds. The Morgan fingerprint density at radius 3 is 2.52 bits per heavy atom. The number of ether oxygens (including phenoxy) is 1. The third kappa shape index (κ3) is 4.57. The van der Waals surface area contributed by atoms with Crippen molar-refractivity contribution in [2.24, 2.45) is 5.41 Å².